The third-order valence-electron chi connectivity index (χ3n) is 2.83. The summed E-state index contributed by atoms with van der Waals surface area (Å²) in [6.45, 7) is 3.97. The average molecular weight is 186 g/mol. The van der Waals surface area contributed by atoms with Crippen LogP contribution in [0.15, 0.2) is 43.0 Å². The topological polar surface area (TPSA) is 20.2 Å². The lowest BCUT2D eigenvalue weighted by Crippen LogP contribution is -2.16. The van der Waals surface area contributed by atoms with Crippen LogP contribution in [0.25, 0.3) is 6.08 Å². The molecule has 0 unspecified atom stereocenters. The molecule has 0 spiro atoms. The molecular formula is C13H14O. The van der Waals surface area contributed by atoms with Crippen molar-refractivity contribution in [1.82, 2.24) is 0 Å². The third kappa shape index (κ3) is 1.40. The molecule has 1 aromatic rings. The molecule has 0 saturated carbocycles. The number of hydrogen-bond acceptors (Lipinski definition) is 1. The summed E-state index contributed by atoms with van der Waals surface area (Å²) in [5, 5.41) is 9.36. The molecule has 1 N–H and O–H groups in total. The molecule has 14 heavy (non-hydrogen) atoms. The lowest BCUT2D eigenvalue weighted by atomic mass is 9.80. The van der Waals surface area contributed by atoms with Gasteiger partial charge >= 0.3 is 0 Å². The van der Waals surface area contributed by atoms with Crippen molar-refractivity contribution in [3.05, 3.63) is 54.1 Å². The summed E-state index contributed by atoms with van der Waals surface area (Å²) < 4.78 is 0. The summed E-state index contributed by atoms with van der Waals surface area (Å²) in [7, 11) is 0. The molecule has 2 rings (SSSR count). The molecule has 2 atom stereocenters. The predicted octanol–water partition coefficient (Wildman–Crippen LogP) is 2.59. The van der Waals surface area contributed by atoms with Gasteiger partial charge in [-0.15, -0.1) is 6.58 Å². The highest BCUT2D eigenvalue weighted by Gasteiger charge is 2.22. The van der Waals surface area contributed by atoms with E-state index in [1.54, 1.807) is 0 Å². The van der Waals surface area contributed by atoms with E-state index < -0.39 is 0 Å². The molecule has 0 heterocycles. The fourth-order valence-corrected chi connectivity index (χ4v) is 2.02. The molecule has 0 radical (unpaired) electrons. The zero-order valence-corrected chi connectivity index (χ0v) is 8.06. The van der Waals surface area contributed by atoms with Crippen LogP contribution < -0.4 is 0 Å². The van der Waals surface area contributed by atoms with Crippen LogP contribution in [0, 0.1) is 5.92 Å². The second-order valence-corrected chi connectivity index (χ2v) is 3.59. The smallest absolute Gasteiger partial charge is 0.0508 e. The summed E-state index contributed by atoms with van der Waals surface area (Å²) in [6, 6.07) is 8.19. The van der Waals surface area contributed by atoms with Gasteiger partial charge in [-0.2, -0.15) is 0 Å². The first-order valence-electron chi connectivity index (χ1n) is 4.87. The summed E-state index contributed by atoms with van der Waals surface area (Å²) >= 11 is 0. The van der Waals surface area contributed by atoms with Crippen LogP contribution in [-0.4, -0.2) is 11.7 Å². The Bertz CT molecular complexity index is 365. The number of hydrogen-bond donors (Lipinski definition) is 1. The van der Waals surface area contributed by atoms with Crippen LogP contribution in [0.1, 0.15) is 17.0 Å². The van der Waals surface area contributed by atoms with Crippen LogP contribution in [0.3, 0.4) is 0 Å². The largest absolute Gasteiger partial charge is 0.396 e. The molecule has 1 aliphatic rings. The second kappa shape index (κ2) is 3.81. The van der Waals surface area contributed by atoms with E-state index in [2.05, 4.69) is 30.9 Å². The molecule has 1 aliphatic carbocycles. The SMILES string of the molecule is C=C[C@H]1C=Cc2ccccc2[C@@H]1CO. The van der Waals surface area contributed by atoms with E-state index in [4.69, 9.17) is 0 Å². The Balaban J connectivity index is 2.46. The predicted molar refractivity (Wildman–Crippen MR) is 59.0 cm³/mol. The maximum Gasteiger partial charge on any atom is 0.0508 e. The van der Waals surface area contributed by atoms with Gasteiger partial charge in [0.05, 0.1) is 6.61 Å². The van der Waals surface area contributed by atoms with Gasteiger partial charge in [-0.25, -0.2) is 0 Å². The van der Waals surface area contributed by atoms with Gasteiger partial charge in [0.1, 0.15) is 0 Å². The Labute approximate surface area is 84.4 Å². The zero-order valence-electron chi connectivity index (χ0n) is 8.06. The van der Waals surface area contributed by atoms with Crippen molar-refractivity contribution in [3.63, 3.8) is 0 Å². The number of aliphatic hydroxyl groups is 1. The molecule has 0 aliphatic heterocycles. The van der Waals surface area contributed by atoms with Crippen molar-refractivity contribution in [3.8, 4) is 0 Å². The van der Waals surface area contributed by atoms with Gasteiger partial charge in [0.2, 0.25) is 0 Å². The van der Waals surface area contributed by atoms with Gasteiger partial charge in [-0.1, -0.05) is 42.5 Å². The average Bonchev–Trinajstić information content (AvgIpc) is 2.27. The molecule has 72 valence electrons. The van der Waals surface area contributed by atoms with Crippen molar-refractivity contribution < 1.29 is 5.11 Å². The van der Waals surface area contributed by atoms with Crippen molar-refractivity contribution in [2.24, 2.45) is 5.92 Å². The molecule has 0 saturated heterocycles. The Kier molecular flexibility index (Phi) is 2.51. The van der Waals surface area contributed by atoms with E-state index in [-0.39, 0.29) is 18.4 Å². The quantitative estimate of drug-likeness (QED) is 0.704. The van der Waals surface area contributed by atoms with E-state index in [0.29, 0.717) is 0 Å². The van der Waals surface area contributed by atoms with Crippen molar-refractivity contribution in [2.75, 3.05) is 6.61 Å². The first-order chi connectivity index (χ1) is 6.86. The molecule has 0 fully saturated rings. The number of allylic oxidation sites excluding steroid dienone is 2. The van der Waals surface area contributed by atoms with Gasteiger partial charge in [0.25, 0.3) is 0 Å². The minimum Gasteiger partial charge on any atom is -0.396 e. The van der Waals surface area contributed by atoms with Crippen LogP contribution in [0.4, 0.5) is 0 Å². The molecular weight excluding hydrogens is 172 g/mol. The fourth-order valence-electron chi connectivity index (χ4n) is 2.02. The molecule has 1 heteroatoms. The number of fused-ring (bicyclic) bond motifs is 1. The molecule has 1 aromatic carbocycles. The third-order valence-corrected chi connectivity index (χ3v) is 2.83. The van der Waals surface area contributed by atoms with Crippen LogP contribution in [-0.2, 0) is 0 Å². The van der Waals surface area contributed by atoms with Crippen molar-refractivity contribution in [2.45, 2.75) is 5.92 Å². The van der Waals surface area contributed by atoms with Gasteiger partial charge in [0.15, 0.2) is 0 Å². The van der Waals surface area contributed by atoms with E-state index in [0.717, 1.165) is 0 Å². The zero-order chi connectivity index (χ0) is 9.97. The second-order valence-electron chi connectivity index (χ2n) is 3.59. The van der Waals surface area contributed by atoms with Gasteiger partial charge in [-0.05, 0) is 11.1 Å². The minimum atomic E-state index is 0.175. The molecule has 0 amide bonds. The highest BCUT2D eigenvalue weighted by molar-refractivity contribution is 5.59. The van der Waals surface area contributed by atoms with Crippen molar-refractivity contribution >= 4 is 6.08 Å². The molecule has 1 nitrogen and oxygen atoms in total. The highest BCUT2D eigenvalue weighted by Crippen LogP contribution is 2.33. The monoisotopic (exact) mass is 186 g/mol. The number of rotatable bonds is 2. The summed E-state index contributed by atoms with van der Waals surface area (Å²) in [5.74, 6) is 0.434. The minimum absolute atomic E-state index is 0.175. The van der Waals surface area contributed by atoms with E-state index >= 15 is 0 Å². The van der Waals surface area contributed by atoms with Gasteiger partial charge < -0.3 is 5.11 Å². The number of benzene rings is 1. The van der Waals surface area contributed by atoms with E-state index in [1.807, 2.05) is 18.2 Å². The van der Waals surface area contributed by atoms with E-state index in [1.165, 1.54) is 11.1 Å². The summed E-state index contributed by atoms with van der Waals surface area (Å²) in [5.41, 5.74) is 2.44. The van der Waals surface area contributed by atoms with Gasteiger partial charge in [-0.3, -0.25) is 0 Å². The summed E-state index contributed by atoms with van der Waals surface area (Å²) in [4.78, 5) is 0. The maximum absolute atomic E-state index is 9.36. The highest BCUT2D eigenvalue weighted by atomic mass is 16.3. The van der Waals surface area contributed by atoms with Crippen LogP contribution >= 0.6 is 0 Å². The Morgan fingerprint density at radius 3 is 2.86 bits per heavy atom. The van der Waals surface area contributed by atoms with Crippen molar-refractivity contribution in [1.29, 1.82) is 0 Å². The molecule has 0 bridgehead atoms. The van der Waals surface area contributed by atoms with Crippen LogP contribution in [0.5, 0.6) is 0 Å². The summed E-state index contributed by atoms with van der Waals surface area (Å²) in [6.07, 6.45) is 6.11. The Morgan fingerprint density at radius 1 is 1.36 bits per heavy atom. The fraction of sp³-hybridized carbons (Fsp3) is 0.231. The first kappa shape index (κ1) is 9.22. The maximum atomic E-state index is 9.36. The normalized spacial score (nSPS) is 24.4. The first-order valence-corrected chi connectivity index (χ1v) is 4.87. The lowest BCUT2D eigenvalue weighted by molar-refractivity contribution is 0.251. The van der Waals surface area contributed by atoms with Gasteiger partial charge in [0, 0.05) is 11.8 Å². The van der Waals surface area contributed by atoms with Crippen LogP contribution in [0.2, 0.25) is 0 Å². The standard InChI is InChI=1S/C13H14O/c1-2-10-7-8-11-5-3-4-6-12(11)13(10)9-14/h2-8,10,13-14H,1,9H2/t10-,13+/m0/s1. The lowest BCUT2D eigenvalue weighted by Gasteiger charge is -2.25. The Morgan fingerprint density at radius 2 is 2.14 bits per heavy atom. The molecule has 0 aromatic heterocycles. The van der Waals surface area contributed by atoms with E-state index in [9.17, 15) is 5.11 Å². The number of aliphatic hydroxyl groups excluding tert-OH is 1. The Hall–Kier alpha value is -1.34.